The largest absolute Gasteiger partial charge is 0.465 e. The molecule has 0 saturated carbocycles. The zero-order valence-corrected chi connectivity index (χ0v) is 9.80. The predicted octanol–water partition coefficient (Wildman–Crippen LogP) is 3.71. The minimum atomic E-state index is 0.471. The van der Waals surface area contributed by atoms with Gasteiger partial charge in [-0.25, -0.2) is 4.99 Å². The normalized spacial score (nSPS) is 11.2. The zero-order valence-electron chi connectivity index (χ0n) is 9.80. The van der Waals surface area contributed by atoms with Crippen LogP contribution in [0.5, 0.6) is 11.5 Å². The van der Waals surface area contributed by atoms with Crippen LogP contribution >= 0.6 is 0 Å². The van der Waals surface area contributed by atoms with Gasteiger partial charge in [0.1, 0.15) is 11.5 Å². The third kappa shape index (κ3) is 4.38. The molecular formula is C14H15NO2. The Balaban J connectivity index is 2.85. The topological polar surface area (TPSA) is 30.8 Å². The Morgan fingerprint density at radius 2 is 2.06 bits per heavy atom. The first-order valence-electron chi connectivity index (χ1n) is 5.17. The number of ether oxygens (including phenoxy) is 2. The number of hydrogen-bond acceptors (Lipinski definition) is 3. The van der Waals surface area contributed by atoms with E-state index in [1.54, 1.807) is 12.1 Å². The number of hydrogen-bond donors (Lipinski definition) is 0. The molecule has 0 saturated heterocycles. The lowest BCUT2D eigenvalue weighted by molar-refractivity contribution is 0.477. The van der Waals surface area contributed by atoms with Crippen molar-refractivity contribution in [3.05, 3.63) is 62.0 Å². The molecule has 0 N–H and O–H groups in total. The van der Waals surface area contributed by atoms with Crippen molar-refractivity contribution in [1.29, 1.82) is 0 Å². The SMILES string of the molecule is C=CN=C(/C=C\C)Oc1cccc(OC=C)c1. The molecule has 0 radical (unpaired) electrons. The van der Waals surface area contributed by atoms with Gasteiger partial charge >= 0.3 is 0 Å². The van der Waals surface area contributed by atoms with Crippen molar-refractivity contribution in [2.75, 3.05) is 0 Å². The summed E-state index contributed by atoms with van der Waals surface area (Å²) >= 11 is 0. The molecular weight excluding hydrogens is 214 g/mol. The average molecular weight is 229 g/mol. The second-order valence-electron chi connectivity index (χ2n) is 3.01. The summed E-state index contributed by atoms with van der Waals surface area (Å²) in [6, 6.07) is 7.21. The van der Waals surface area contributed by atoms with Crippen LogP contribution in [-0.4, -0.2) is 5.90 Å². The van der Waals surface area contributed by atoms with Crippen molar-refractivity contribution in [3.8, 4) is 11.5 Å². The lowest BCUT2D eigenvalue weighted by Crippen LogP contribution is -2.04. The van der Waals surface area contributed by atoms with Crippen LogP contribution in [0.1, 0.15) is 6.92 Å². The quantitative estimate of drug-likeness (QED) is 0.438. The Kier molecular flexibility index (Phi) is 5.31. The van der Waals surface area contributed by atoms with E-state index in [1.807, 2.05) is 31.2 Å². The monoisotopic (exact) mass is 229 g/mol. The summed E-state index contributed by atoms with van der Waals surface area (Å²) in [4.78, 5) is 4.00. The van der Waals surface area contributed by atoms with Gasteiger partial charge < -0.3 is 9.47 Å². The van der Waals surface area contributed by atoms with Gasteiger partial charge in [0.2, 0.25) is 5.90 Å². The highest BCUT2D eigenvalue weighted by Gasteiger charge is 2.00. The number of benzene rings is 1. The molecule has 0 bridgehead atoms. The van der Waals surface area contributed by atoms with Gasteiger partial charge in [-0.05, 0) is 25.1 Å². The van der Waals surface area contributed by atoms with Crippen LogP contribution in [0.3, 0.4) is 0 Å². The Morgan fingerprint density at radius 3 is 2.71 bits per heavy atom. The van der Waals surface area contributed by atoms with Gasteiger partial charge in [-0.15, -0.1) is 0 Å². The second-order valence-corrected chi connectivity index (χ2v) is 3.01. The first kappa shape index (κ1) is 12.8. The molecule has 0 aliphatic heterocycles. The van der Waals surface area contributed by atoms with Crippen LogP contribution in [0.25, 0.3) is 0 Å². The highest BCUT2D eigenvalue weighted by Crippen LogP contribution is 2.19. The van der Waals surface area contributed by atoms with Gasteiger partial charge in [0.25, 0.3) is 0 Å². The van der Waals surface area contributed by atoms with E-state index in [-0.39, 0.29) is 0 Å². The van der Waals surface area contributed by atoms with E-state index in [0.717, 1.165) is 0 Å². The van der Waals surface area contributed by atoms with Gasteiger partial charge in [0.05, 0.1) is 6.26 Å². The molecule has 3 nitrogen and oxygen atoms in total. The standard InChI is InChI=1S/C14H15NO2/c1-4-8-14(15-5-2)17-13-10-7-9-12(11-13)16-6-3/h4-11H,2-3H2,1H3/b8-4-,15-14?. The van der Waals surface area contributed by atoms with Crippen LogP contribution in [-0.2, 0) is 0 Å². The molecule has 17 heavy (non-hydrogen) atoms. The van der Waals surface area contributed by atoms with Crippen LogP contribution in [0, 0.1) is 0 Å². The minimum Gasteiger partial charge on any atom is -0.465 e. The summed E-state index contributed by atoms with van der Waals surface area (Å²) in [7, 11) is 0. The van der Waals surface area contributed by atoms with E-state index in [9.17, 15) is 0 Å². The Hall–Kier alpha value is -2.29. The Bertz CT molecular complexity index is 447. The highest BCUT2D eigenvalue weighted by atomic mass is 16.5. The lowest BCUT2D eigenvalue weighted by atomic mass is 10.3. The van der Waals surface area contributed by atoms with E-state index in [4.69, 9.17) is 9.47 Å². The van der Waals surface area contributed by atoms with E-state index in [0.29, 0.717) is 17.4 Å². The van der Waals surface area contributed by atoms with E-state index >= 15 is 0 Å². The number of rotatable bonds is 5. The zero-order chi connectivity index (χ0) is 12.5. The molecule has 0 fully saturated rings. The molecule has 0 amide bonds. The lowest BCUT2D eigenvalue weighted by Gasteiger charge is -2.06. The maximum Gasteiger partial charge on any atom is 0.218 e. The maximum atomic E-state index is 5.56. The molecule has 1 rings (SSSR count). The molecule has 1 aromatic rings. The third-order valence-corrected chi connectivity index (χ3v) is 1.78. The fraction of sp³-hybridized carbons (Fsp3) is 0.0714. The predicted molar refractivity (Wildman–Crippen MR) is 70.3 cm³/mol. The molecule has 0 aromatic heterocycles. The van der Waals surface area contributed by atoms with Crippen molar-refractivity contribution in [1.82, 2.24) is 0 Å². The third-order valence-electron chi connectivity index (χ3n) is 1.78. The summed E-state index contributed by atoms with van der Waals surface area (Å²) < 4.78 is 10.7. The molecule has 0 heterocycles. The summed E-state index contributed by atoms with van der Waals surface area (Å²) in [6.45, 7) is 8.91. The van der Waals surface area contributed by atoms with Gasteiger partial charge in [-0.1, -0.05) is 25.3 Å². The van der Waals surface area contributed by atoms with Gasteiger partial charge in [-0.3, -0.25) is 0 Å². The summed E-state index contributed by atoms with van der Waals surface area (Å²) in [5.41, 5.74) is 0. The Morgan fingerprint density at radius 1 is 1.29 bits per heavy atom. The van der Waals surface area contributed by atoms with Gasteiger partial charge in [-0.2, -0.15) is 0 Å². The van der Waals surface area contributed by atoms with Crippen molar-refractivity contribution < 1.29 is 9.47 Å². The van der Waals surface area contributed by atoms with Crippen molar-refractivity contribution in [3.63, 3.8) is 0 Å². The summed E-state index contributed by atoms with van der Waals surface area (Å²) in [5.74, 6) is 1.78. The van der Waals surface area contributed by atoms with Crippen molar-refractivity contribution in [2.24, 2.45) is 4.99 Å². The molecule has 0 aliphatic carbocycles. The summed E-state index contributed by atoms with van der Waals surface area (Å²) in [5, 5.41) is 0. The van der Waals surface area contributed by atoms with Crippen molar-refractivity contribution >= 4 is 5.90 Å². The first-order valence-corrected chi connectivity index (χ1v) is 5.17. The average Bonchev–Trinajstić information content (AvgIpc) is 2.30. The number of aliphatic imine (C=N–C) groups is 1. The van der Waals surface area contributed by atoms with E-state index < -0.39 is 0 Å². The van der Waals surface area contributed by atoms with Crippen molar-refractivity contribution in [2.45, 2.75) is 6.92 Å². The summed E-state index contributed by atoms with van der Waals surface area (Å²) in [6.07, 6.45) is 6.39. The molecule has 88 valence electrons. The molecule has 0 atom stereocenters. The fourth-order valence-electron chi connectivity index (χ4n) is 1.16. The molecule has 1 aromatic carbocycles. The van der Waals surface area contributed by atoms with Crippen LogP contribution in [0.2, 0.25) is 0 Å². The van der Waals surface area contributed by atoms with Crippen LogP contribution in [0.15, 0.2) is 67.0 Å². The second kappa shape index (κ2) is 7.06. The Labute approximate surface area is 101 Å². The molecule has 3 heteroatoms. The minimum absolute atomic E-state index is 0.471. The highest BCUT2D eigenvalue weighted by molar-refractivity contribution is 5.89. The van der Waals surface area contributed by atoms with Gasteiger partial charge in [0.15, 0.2) is 0 Å². The molecule has 0 aliphatic rings. The van der Waals surface area contributed by atoms with E-state index in [2.05, 4.69) is 18.2 Å². The van der Waals surface area contributed by atoms with E-state index in [1.165, 1.54) is 12.5 Å². The maximum absolute atomic E-state index is 5.56. The van der Waals surface area contributed by atoms with Crippen LogP contribution < -0.4 is 9.47 Å². The smallest absolute Gasteiger partial charge is 0.218 e. The molecule has 0 unspecified atom stereocenters. The first-order chi connectivity index (χ1) is 8.30. The number of allylic oxidation sites excluding steroid dienone is 1. The van der Waals surface area contributed by atoms with Gasteiger partial charge in [0, 0.05) is 12.3 Å². The fourth-order valence-corrected chi connectivity index (χ4v) is 1.16. The van der Waals surface area contributed by atoms with Crippen LogP contribution in [0.4, 0.5) is 0 Å². The molecule has 0 spiro atoms. The number of nitrogens with zero attached hydrogens (tertiary/aromatic N) is 1.